The van der Waals surface area contributed by atoms with Gasteiger partial charge in [0.15, 0.2) is 0 Å². The van der Waals surface area contributed by atoms with Gasteiger partial charge in [0.1, 0.15) is 0 Å². The zero-order valence-corrected chi connectivity index (χ0v) is 8.34. The maximum Gasteiger partial charge on any atom is 0.0516 e. The van der Waals surface area contributed by atoms with Crippen molar-refractivity contribution < 1.29 is 9.84 Å². The van der Waals surface area contributed by atoms with Crippen LogP contribution in [0.3, 0.4) is 0 Å². The molecule has 1 heterocycles. The van der Waals surface area contributed by atoms with Crippen LogP contribution in [-0.2, 0) is 4.74 Å². The maximum atomic E-state index is 9.28. The molecule has 0 saturated carbocycles. The highest BCUT2D eigenvalue weighted by Crippen LogP contribution is 2.35. The second kappa shape index (κ2) is 3.75. The minimum absolute atomic E-state index is 0.0917. The summed E-state index contributed by atoms with van der Waals surface area (Å²) in [4.78, 5) is 0. The van der Waals surface area contributed by atoms with Crippen molar-refractivity contribution in [3.63, 3.8) is 0 Å². The van der Waals surface area contributed by atoms with E-state index in [9.17, 15) is 5.11 Å². The van der Waals surface area contributed by atoms with Gasteiger partial charge >= 0.3 is 0 Å². The second-order valence-electron chi connectivity index (χ2n) is 4.57. The molecule has 1 atom stereocenters. The number of rotatable bonds is 4. The molecule has 0 bridgehead atoms. The monoisotopic (exact) mass is 172 g/mol. The van der Waals surface area contributed by atoms with Crippen LogP contribution in [0.1, 0.15) is 27.2 Å². The summed E-state index contributed by atoms with van der Waals surface area (Å²) in [5, 5.41) is 9.28. The number of ether oxygens (including phenoxy) is 1. The Morgan fingerprint density at radius 3 is 2.33 bits per heavy atom. The fourth-order valence-electron chi connectivity index (χ4n) is 1.54. The first-order valence-corrected chi connectivity index (χ1v) is 4.77. The van der Waals surface area contributed by atoms with Crippen molar-refractivity contribution in [1.82, 2.24) is 0 Å². The van der Waals surface area contributed by atoms with E-state index in [0.29, 0.717) is 18.4 Å². The van der Waals surface area contributed by atoms with Crippen molar-refractivity contribution in [2.24, 2.45) is 17.3 Å². The van der Waals surface area contributed by atoms with Gasteiger partial charge in [-0.1, -0.05) is 20.8 Å². The van der Waals surface area contributed by atoms with Gasteiger partial charge in [-0.15, -0.1) is 0 Å². The van der Waals surface area contributed by atoms with Crippen molar-refractivity contribution in [2.45, 2.75) is 27.2 Å². The Morgan fingerprint density at radius 1 is 1.50 bits per heavy atom. The van der Waals surface area contributed by atoms with E-state index in [1.807, 2.05) is 0 Å². The Labute approximate surface area is 74.9 Å². The SMILES string of the molecule is CC(C)C(C)(CO)CC1COC1. The van der Waals surface area contributed by atoms with Crippen LogP contribution in [0.15, 0.2) is 0 Å². The molecule has 1 N–H and O–H groups in total. The van der Waals surface area contributed by atoms with E-state index in [4.69, 9.17) is 4.74 Å². The van der Waals surface area contributed by atoms with Crippen molar-refractivity contribution in [2.75, 3.05) is 19.8 Å². The quantitative estimate of drug-likeness (QED) is 0.699. The van der Waals surface area contributed by atoms with Crippen LogP contribution >= 0.6 is 0 Å². The maximum absolute atomic E-state index is 9.28. The largest absolute Gasteiger partial charge is 0.396 e. The highest BCUT2D eigenvalue weighted by Gasteiger charge is 2.33. The molecule has 0 amide bonds. The van der Waals surface area contributed by atoms with Crippen molar-refractivity contribution in [3.05, 3.63) is 0 Å². The Kier molecular flexibility index (Phi) is 3.13. The molecule has 0 radical (unpaired) electrons. The molecule has 1 unspecified atom stereocenters. The summed E-state index contributed by atoms with van der Waals surface area (Å²) in [7, 11) is 0. The molecule has 1 aliphatic rings. The van der Waals surface area contributed by atoms with Gasteiger partial charge in [0, 0.05) is 12.5 Å². The molecule has 1 fully saturated rings. The van der Waals surface area contributed by atoms with E-state index in [1.54, 1.807) is 0 Å². The Bertz CT molecular complexity index is 141. The van der Waals surface area contributed by atoms with E-state index in [1.165, 1.54) is 0 Å². The summed E-state index contributed by atoms with van der Waals surface area (Å²) >= 11 is 0. The van der Waals surface area contributed by atoms with Crippen LogP contribution in [0.5, 0.6) is 0 Å². The van der Waals surface area contributed by atoms with Crippen LogP contribution < -0.4 is 0 Å². The highest BCUT2D eigenvalue weighted by atomic mass is 16.5. The Balaban J connectivity index is 2.41. The standard InChI is InChI=1S/C10H20O2/c1-8(2)10(3,7-11)4-9-5-12-6-9/h8-9,11H,4-7H2,1-3H3. The van der Waals surface area contributed by atoms with Gasteiger partial charge in [0.25, 0.3) is 0 Å². The topological polar surface area (TPSA) is 29.5 Å². The molecule has 0 spiro atoms. The summed E-state index contributed by atoms with van der Waals surface area (Å²) in [6, 6.07) is 0. The van der Waals surface area contributed by atoms with E-state index in [2.05, 4.69) is 20.8 Å². The third-order valence-electron chi connectivity index (χ3n) is 3.22. The molecule has 2 heteroatoms. The third-order valence-corrected chi connectivity index (χ3v) is 3.22. The second-order valence-corrected chi connectivity index (χ2v) is 4.57. The number of hydrogen-bond acceptors (Lipinski definition) is 2. The fourth-order valence-corrected chi connectivity index (χ4v) is 1.54. The van der Waals surface area contributed by atoms with Gasteiger partial charge in [-0.2, -0.15) is 0 Å². The number of hydrogen-bond donors (Lipinski definition) is 1. The molecular weight excluding hydrogens is 152 g/mol. The normalized spacial score (nSPS) is 23.8. The molecule has 12 heavy (non-hydrogen) atoms. The lowest BCUT2D eigenvalue weighted by Crippen LogP contribution is -2.37. The van der Waals surface area contributed by atoms with E-state index >= 15 is 0 Å². The highest BCUT2D eigenvalue weighted by molar-refractivity contribution is 4.82. The molecule has 1 rings (SSSR count). The zero-order valence-electron chi connectivity index (χ0n) is 8.34. The minimum atomic E-state index is 0.0917. The van der Waals surface area contributed by atoms with Crippen molar-refractivity contribution in [3.8, 4) is 0 Å². The molecule has 0 aromatic carbocycles. The zero-order chi connectivity index (χ0) is 9.19. The lowest BCUT2D eigenvalue weighted by atomic mass is 9.73. The van der Waals surface area contributed by atoms with E-state index < -0.39 is 0 Å². The third kappa shape index (κ3) is 1.99. The molecule has 0 aromatic heterocycles. The summed E-state index contributed by atoms with van der Waals surface area (Å²) in [6.07, 6.45) is 1.10. The predicted molar refractivity (Wildman–Crippen MR) is 49.0 cm³/mol. The molecule has 72 valence electrons. The van der Waals surface area contributed by atoms with E-state index in [0.717, 1.165) is 19.6 Å². The molecule has 2 nitrogen and oxygen atoms in total. The Hall–Kier alpha value is -0.0800. The summed E-state index contributed by atoms with van der Waals surface area (Å²) in [5.74, 6) is 1.23. The first kappa shape index (κ1) is 10.0. The van der Waals surface area contributed by atoms with Gasteiger partial charge in [0.05, 0.1) is 13.2 Å². The van der Waals surface area contributed by atoms with Gasteiger partial charge in [0.2, 0.25) is 0 Å². The van der Waals surface area contributed by atoms with E-state index in [-0.39, 0.29) is 5.41 Å². The average molecular weight is 172 g/mol. The first-order valence-electron chi connectivity index (χ1n) is 4.77. The van der Waals surface area contributed by atoms with Gasteiger partial charge in [-0.25, -0.2) is 0 Å². The number of aliphatic hydroxyl groups is 1. The van der Waals surface area contributed by atoms with Gasteiger partial charge in [-0.3, -0.25) is 0 Å². The van der Waals surface area contributed by atoms with Gasteiger partial charge < -0.3 is 9.84 Å². The van der Waals surface area contributed by atoms with Crippen LogP contribution in [0.25, 0.3) is 0 Å². The fraction of sp³-hybridized carbons (Fsp3) is 1.00. The van der Waals surface area contributed by atoms with Crippen molar-refractivity contribution >= 4 is 0 Å². The smallest absolute Gasteiger partial charge is 0.0516 e. The predicted octanol–water partition coefficient (Wildman–Crippen LogP) is 1.68. The summed E-state index contributed by atoms with van der Waals surface area (Å²) in [5.41, 5.74) is 0.0917. The van der Waals surface area contributed by atoms with Crippen LogP contribution in [-0.4, -0.2) is 24.9 Å². The lowest BCUT2D eigenvalue weighted by molar-refractivity contribution is -0.0672. The van der Waals surface area contributed by atoms with Crippen molar-refractivity contribution in [1.29, 1.82) is 0 Å². The van der Waals surface area contributed by atoms with Crippen LogP contribution in [0.4, 0.5) is 0 Å². The summed E-state index contributed by atoms with van der Waals surface area (Å²) in [6.45, 7) is 8.59. The first-order chi connectivity index (χ1) is 5.58. The number of aliphatic hydroxyl groups excluding tert-OH is 1. The molecule has 1 saturated heterocycles. The van der Waals surface area contributed by atoms with Gasteiger partial charge in [-0.05, 0) is 17.8 Å². The molecule has 0 aliphatic carbocycles. The molecular formula is C10H20O2. The summed E-state index contributed by atoms with van der Waals surface area (Å²) < 4.78 is 5.12. The lowest BCUT2D eigenvalue weighted by Gasteiger charge is -2.38. The van der Waals surface area contributed by atoms with Crippen LogP contribution in [0, 0.1) is 17.3 Å². The molecule has 0 aromatic rings. The van der Waals surface area contributed by atoms with Crippen LogP contribution in [0.2, 0.25) is 0 Å². The Morgan fingerprint density at radius 2 is 2.08 bits per heavy atom. The molecule has 1 aliphatic heterocycles. The minimum Gasteiger partial charge on any atom is -0.396 e. The average Bonchev–Trinajstić information content (AvgIpc) is 1.96.